The Kier molecular flexibility index (Phi) is 5.88. The van der Waals surface area contributed by atoms with E-state index < -0.39 is 22.7 Å². The maximum atomic E-state index is 13.0. The van der Waals surface area contributed by atoms with Crippen LogP contribution in [0.3, 0.4) is 0 Å². The van der Waals surface area contributed by atoms with Crippen molar-refractivity contribution in [2.24, 2.45) is 5.73 Å². The van der Waals surface area contributed by atoms with E-state index in [0.29, 0.717) is 29.4 Å². The molecular formula is C19H18ClF3N4O2. The molecule has 0 spiro atoms. The van der Waals surface area contributed by atoms with Gasteiger partial charge in [-0.1, -0.05) is 17.7 Å². The van der Waals surface area contributed by atoms with Gasteiger partial charge in [-0.15, -0.1) is 0 Å². The molecule has 1 aromatic carbocycles. The summed E-state index contributed by atoms with van der Waals surface area (Å²) in [6.45, 7) is 0.316. The van der Waals surface area contributed by atoms with Crippen LogP contribution in [0, 0.1) is 0 Å². The Balaban J connectivity index is 1.77. The minimum absolute atomic E-state index is 0.0533. The largest absolute Gasteiger partial charge is 0.497 e. The first-order valence-corrected chi connectivity index (χ1v) is 8.98. The number of hydrogen-bond acceptors (Lipinski definition) is 5. The molecule has 0 saturated heterocycles. The molecule has 2 aromatic rings. The predicted octanol–water partition coefficient (Wildman–Crippen LogP) is 3.89. The number of aromatic nitrogens is 1. The predicted molar refractivity (Wildman–Crippen MR) is 103 cm³/mol. The first-order valence-electron chi connectivity index (χ1n) is 8.60. The number of rotatable bonds is 4. The SMILES string of the molecule is COc1ccnc(NC2=C(N)CN(C(=O)c3cccc(C(F)(F)F)c3Cl)CC2)c1. The standard InChI is InChI=1S/C19H18ClF3N4O2/c1-29-11-5-7-25-16(9-11)26-15-6-8-27(10-14(15)24)18(28)12-3-2-4-13(17(12)20)19(21,22)23/h2-5,7,9H,6,8,10,24H2,1H3,(H,25,26). The molecule has 0 fully saturated rings. The number of methoxy groups -OCH3 is 1. The number of alkyl halides is 3. The Bertz CT molecular complexity index is 963. The summed E-state index contributed by atoms with van der Waals surface area (Å²) in [5.41, 5.74) is 5.91. The smallest absolute Gasteiger partial charge is 0.417 e. The van der Waals surface area contributed by atoms with Crippen LogP contribution in [0.25, 0.3) is 0 Å². The second-order valence-electron chi connectivity index (χ2n) is 6.35. The molecular weight excluding hydrogens is 409 g/mol. The third-order valence-corrected chi connectivity index (χ3v) is 4.86. The molecule has 1 aliphatic heterocycles. The number of nitrogens with zero attached hydrogens (tertiary/aromatic N) is 2. The van der Waals surface area contributed by atoms with Crippen molar-refractivity contribution < 1.29 is 22.7 Å². The Morgan fingerprint density at radius 2 is 2.10 bits per heavy atom. The zero-order valence-corrected chi connectivity index (χ0v) is 16.1. The summed E-state index contributed by atoms with van der Waals surface area (Å²) in [5.74, 6) is 0.541. The monoisotopic (exact) mass is 426 g/mol. The molecule has 6 nitrogen and oxygen atoms in total. The highest BCUT2D eigenvalue weighted by Crippen LogP contribution is 2.36. The van der Waals surface area contributed by atoms with E-state index in [1.165, 1.54) is 18.1 Å². The average Bonchev–Trinajstić information content (AvgIpc) is 2.68. The summed E-state index contributed by atoms with van der Waals surface area (Å²) in [6.07, 6.45) is -2.69. The Labute approximate surface area is 170 Å². The number of anilines is 1. The Morgan fingerprint density at radius 1 is 1.34 bits per heavy atom. The molecule has 0 aliphatic carbocycles. The summed E-state index contributed by atoms with van der Waals surface area (Å²) in [4.78, 5) is 18.3. The van der Waals surface area contributed by atoms with Crippen LogP contribution in [0.4, 0.5) is 19.0 Å². The number of nitrogens with two attached hydrogens (primary N) is 1. The van der Waals surface area contributed by atoms with Crippen LogP contribution in [-0.2, 0) is 6.18 Å². The Morgan fingerprint density at radius 3 is 2.76 bits per heavy atom. The van der Waals surface area contributed by atoms with Crippen LogP contribution < -0.4 is 15.8 Å². The van der Waals surface area contributed by atoms with Crippen LogP contribution in [0.1, 0.15) is 22.3 Å². The first-order chi connectivity index (χ1) is 13.7. The van der Waals surface area contributed by atoms with Gasteiger partial charge in [0, 0.05) is 36.6 Å². The van der Waals surface area contributed by atoms with Crippen molar-refractivity contribution in [2.75, 3.05) is 25.5 Å². The van der Waals surface area contributed by atoms with E-state index in [9.17, 15) is 18.0 Å². The second-order valence-corrected chi connectivity index (χ2v) is 6.73. The second kappa shape index (κ2) is 8.20. The summed E-state index contributed by atoms with van der Waals surface area (Å²) in [6, 6.07) is 6.66. The maximum Gasteiger partial charge on any atom is 0.417 e. The molecule has 29 heavy (non-hydrogen) atoms. The van der Waals surface area contributed by atoms with Crippen LogP contribution in [-0.4, -0.2) is 36.0 Å². The van der Waals surface area contributed by atoms with Crippen molar-refractivity contribution >= 4 is 23.3 Å². The lowest BCUT2D eigenvalue weighted by molar-refractivity contribution is -0.137. The van der Waals surface area contributed by atoms with E-state index in [0.717, 1.165) is 12.1 Å². The minimum Gasteiger partial charge on any atom is -0.497 e. The van der Waals surface area contributed by atoms with Gasteiger partial charge in [0.2, 0.25) is 0 Å². The van der Waals surface area contributed by atoms with E-state index in [-0.39, 0.29) is 18.7 Å². The number of amides is 1. The van der Waals surface area contributed by atoms with Crippen molar-refractivity contribution in [1.82, 2.24) is 9.88 Å². The molecule has 3 N–H and O–H groups in total. The van der Waals surface area contributed by atoms with Gasteiger partial charge in [-0.3, -0.25) is 4.79 Å². The Hall–Kier alpha value is -2.94. The van der Waals surface area contributed by atoms with Crippen molar-refractivity contribution in [1.29, 1.82) is 0 Å². The number of nitrogens with one attached hydrogen (secondary N) is 1. The van der Waals surface area contributed by atoms with Crippen LogP contribution >= 0.6 is 11.6 Å². The molecule has 0 saturated carbocycles. The molecule has 1 aliphatic rings. The van der Waals surface area contributed by atoms with Crippen molar-refractivity contribution in [3.8, 4) is 5.75 Å². The van der Waals surface area contributed by atoms with Crippen molar-refractivity contribution in [3.05, 3.63) is 64.1 Å². The van der Waals surface area contributed by atoms with Gasteiger partial charge in [0.15, 0.2) is 0 Å². The lowest BCUT2D eigenvalue weighted by Crippen LogP contribution is -2.40. The first kappa shape index (κ1) is 20.8. The van der Waals surface area contributed by atoms with Crippen LogP contribution in [0.15, 0.2) is 47.9 Å². The topological polar surface area (TPSA) is 80.5 Å². The van der Waals surface area contributed by atoms with Crippen molar-refractivity contribution in [2.45, 2.75) is 12.6 Å². The summed E-state index contributed by atoms with van der Waals surface area (Å²) in [7, 11) is 1.54. The van der Waals surface area contributed by atoms with Gasteiger partial charge in [-0.25, -0.2) is 4.98 Å². The van der Waals surface area contributed by atoms with Crippen LogP contribution in [0.5, 0.6) is 5.75 Å². The molecule has 0 unspecified atom stereocenters. The van der Waals surface area contributed by atoms with E-state index in [2.05, 4.69) is 10.3 Å². The molecule has 3 rings (SSSR count). The molecule has 0 bridgehead atoms. The fourth-order valence-corrected chi connectivity index (χ4v) is 3.27. The molecule has 154 valence electrons. The highest BCUT2D eigenvalue weighted by molar-refractivity contribution is 6.34. The van der Waals surface area contributed by atoms with Crippen LogP contribution in [0.2, 0.25) is 5.02 Å². The summed E-state index contributed by atoms with van der Waals surface area (Å²) in [5, 5.41) is 2.48. The highest BCUT2D eigenvalue weighted by atomic mass is 35.5. The lowest BCUT2D eigenvalue weighted by Gasteiger charge is -2.30. The van der Waals surface area contributed by atoms with E-state index in [4.69, 9.17) is 22.1 Å². The number of hydrogen-bond donors (Lipinski definition) is 2. The van der Waals surface area contributed by atoms with Gasteiger partial charge in [0.25, 0.3) is 5.91 Å². The zero-order chi connectivity index (χ0) is 21.2. The minimum atomic E-state index is -4.64. The third kappa shape index (κ3) is 4.56. The number of carbonyl (C=O) groups is 1. The molecule has 10 heteroatoms. The average molecular weight is 427 g/mol. The summed E-state index contributed by atoms with van der Waals surface area (Å²) < 4.78 is 44.3. The molecule has 2 heterocycles. The number of benzene rings is 1. The fraction of sp³-hybridized carbons (Fsp3) is 0.263. The third-order valence-electron chi connectivity index (χ3n) is 4.45. The zero-order valence-electron chi connectivity index (χ0n) is 15.4. The van der Waals surface area contributed by atoms with Gasteiger partial charge in [0.1, 0.15) is 11.6 Å². The molecule has 0 atom stereocenters. The van der Waals surface area contributed by atoms with Gasteiger partial charge in [0.05, 0.1) is 29.8 Å². The molecule has 0 radical (unpaired) electrons. The number of halogens is 4. The maximum absolute atomic E-state index is 13.0. The van der Waals surface area contributed by atoms with Crippen molar-refractivity contribution in [3.63, 3.8) is 0 Å². The van der Waals surface area contributed by atoms with Gasteiger partial charge < -0.3 is 20.7 Å². The van der Waals surface area contributed by atoms with Gasteiger partial charge in [-0.05, 0) is 18.2 Å². The van der Waals surface area contributed by atoms with Gasteiger partial charge >= 0.3 is 6.18 Å². The molecule has 1 amide bonds. The number of carbonyl (C=O) groups excluding carboxylic acids is 1. The van der Waals surface area contributed by atoms with E-state index >= 15 is 0 Å². The number of pyridine rings is 1. The summed E-state index contributed by atoms with van der Waals surface area (Å²) >= 11 is 5.87. The lowest BCUT2D eigenvalue weighted by atomic mass is 10.1. The van der Waals surface area contributed by atoms with E-state index in [1.54, 1.807) is 18.3 Å². The highest BCUT2D eigenvalue weighted by Gasteiger charge is 2.35. The quantitative estimate of drug-likeness (QED) is 0.775. The number of ether oxygens (including phenoxy) is 1. The van der Waals surface area contributed by atoms with E-state index in [1.807, 2.05) is 0 Å². The fourth-order valence-electron chi connectivity index (χ4n) is 2.95. The normalized spacial score (nSPS) is 14.7. The molecule has 1 aromatic heterocycles. The van der Waals surface area contributed by atoms with Gasteiger partial charge in [-0.2, -0.15) is 13.2 Å².